The van der Waals surface area contributed by atoms with E-state index in [0.29, 0.717) is 29.6 Å². The van der Waals surface area contributed by atoms with Crippen LogP contribution in [0, 0.1) is 19.3 Å². The van der Waals surface area contributed by atoms with E-state index in [2.05, 4.69) is 5.10 Å². The van der Waals surface area contributed by atoms with Crippen LogP contribution in [0.15, 0.2) is 18.2 Å². The Morgan fingerprint density at radius 2 is 1.93 bits per heavy atom. The second kappa shape index (κ2) is 9.28. The quantitative estimate of drug-likeness (QED) is 0.742. The van der Waals surface area contributed by atoms with Crippen LogP contribution in [-0.2, 0) is 11.2 Å². The number of hydrogen-bond donors (Lipinski definition) is 1. The van der Waals surface area contributed by atoms with Gasteiger partial charge in [-0.2, -0.15) is 5.10 Å². The van der Waals surface area contributed by atoms with E-state index in [9.17, 15) is 4.79 Å². The maximum atomic E-state index is 12.7. The standard InChI is InChI=1S/C19H26Cl2N4O.ClH/c1-12-15(9-18(26)24(5)11-19(3,4)10-22)13(2)25(23-12)17-7-6-14(20)8-16(17)21;/h6-8H,9-11,22H2,1-5H3;1H. The molecule has 0 atom stereocenters. The predicted molar refractivity (Wildman–Crippen MR) is 114 cm³/mol. The zero-order chi connectivity index (χ0) is 19.6. The van der Waals surface area contributed by atoms with Crippen molar-refractivity contribution in [3.8, 4) is 5.69 Å². The van der Waals surface area contributed by atoms with Crippen LogP contribution in [-0.4, -0.2) is 40.7 Å². The molecule has 1 heterocycles. The van der Waals surface area contributed by atoms with E-state index >= 15 is 0 Å². The summed E-state index contributed by atoms with van der Waals surface area (Å²) in [5.41, 5.74) is 9.03. The highest BCUT2D eigenvalue weighted by atomic mass is 35.5. The smallest absolute Gasteiger partial charge is 0.226 e. The highest BCUT2D eigenvalue weighted by Gasteiger charge is 2.23. The first kappa shape index (κ1) is 23.8. The minimum atomic E-state index is -0.116. The Balaban J connectivity index is 0.00000364. The van der Waals surface area contributed by atoms with Crippen molar-refractivity contribution in [2.75, 3.05) is 20.1 Å². The lowest BCUT2D eigenvalue weighted by atomic mass is 9.93. The third kappa shape index (κ3) is 5.61. The molecule has 150 valence electrons. The molecule has 0 saturated carbocycles. The van der Waals surface area contributed by atoms with E-state index in [0.717, 1.165) is 22.6 Å². The van der Waals surface area contributed by atoms with Gasteiger partial charge < -0.3 is 10.6 Å². The Hall–Kier alpha value is -1.27. The molecule has 1 aromatic heterocycles. The zero-order valence-electron chi connectivity index (χ0n) is 16.3. The van der Waals surface area contributed by atoms with Gasteiger partial charge in [-0.1, -0.05) is 37.0 Å². The Kier molecular flexibility index (Phi) is 8.17. The van der Waals surface area contributed by atoms with Gasteiger partial charge in [0.15, 0.2) is 0 Å². The summed E-state index contributed by atoms with van der Waals surface area (Å²) in [7, 11) is 1.81. The molecular weight excluding hydrogens is 407 g/mol. The van der Waals surface area contributed by atoms with Crippen molar-refractivity contribution in [1.29, 1.82) is 0 Å². The molecule has 0 saturated heterocycles. The van der Waals surface area contributed by atoms with Gasteiger partial charge in [0.1, 0.15) is 0 Å². The molecular formula is C19H27Cl3N4O. The molecule has 0 aliphatic carbocycles. The number of aryl methyl sites for hydroxylation is 1. The number of aromatic nitrogens is 2. The van der Waals surface area contributed by atoms with Gasteiger partial charge in [0.05, 0.1) is 22.8 Å². The van der Waals surface area contributed by atoms with Gasteiger partial charge in [-0.25, -0.2) is 4.68 Å². The van der Waals surface area contributed by atoms with Crippen molar-refractivity contribution in [3.05, 3.63) is 45.2 Å². The first-order chi connectivity index (χ1) is 12.1. The van der Waals surface area contributed by atoms with Gasteiger partial charge in [-0.3, -0.25) is 4.79 Å². The van der Waals surface area contributed by atoms with E-state index < -0.39 is 0 Å². The summed E-state index contributed by atoms with van der Waals surface area (Å²) >= 11 is 12.3. The van der Waals surface area contributed by atoms with Crippen molar-refractivity contribution in [2.45, 2.75) is 34.1 Å². The fraction of sp³-hybridized carbons (Fsp3) is 0.474. The molecule has 0 bridgehead atoms. The van der Waals surface area contributed by atoms with Crippen molar-refractivity contribution < 1.29 is 4.79 Å². The lowest BCUT2D eigenvalue weighted by Gasteiger charge is -2.29. The monoisotopic (exact) mass is 432 g/mol. The maximum Gasteiger partial charge on any atom is 0.226 e. The number of hydrogen-bond acceptors (Lipinski definition) is 3. The van der Waals surface area contributed by atoms with Crippen molar-refractivity contribution in [1.82, 2.24) is 14.7 Å². The van der Waals surface area contributed by atoms with Crippen LogP contribution in [0.1, 0.15) is 30.8 Å². The lowest BCUT2D eigenvalue weighted by molar-refractivity contribution is -0.130. The van der Waals surface area contributed by atoms with Crippen LogP contribution in [0.4, 0.5) is 0 Å². The third-order valence-corrected chi connectivity index (χ3v) is 5.09. The summed E-state index contributed by atoms with van der Waals surface area (Å²) < 4.78 is 1.76. The first-order valence-electron chi connectivity index (χ1n) is 8.50. The summed E-state index contributed by atoms with van der Waals surface area (Å²) in [6.45, 7) is 9.08. The van der Waals surface area contributed by atoms with E-state index in [4.69, 9.17) is 28.9 Å². The predicted octanol–water partition coefficient (Wildman–Crippen LogP) is 4.20. The average Bonchev–Trinajstić information content (AvgIpc) is 2.82. The molecule has 1 aromatic carbocycles. The Labute approximate surface area is 177 Å². The minimum absolute atomic E-state index is 0. The number of halogens is 3. The van der Waals surface area contributed by atoms with Crippen molar-refractivity contribution in [3.63, 3.8) is 0 Å². The molecule has 2 rings (SSSR count). The Morgan fingerprint density at radius 1 is 1.30 bits per heavy atom. The van der Waals surface area contributed by atoms with Crippen LogP contribution < -0.4 is 5.73 Å². The third-order valence-electron chi connectivity index (χ3n) is 4.55. The normalized spacial score (nSPS) is 11.3. The molecule has 2 N–H and O–H groups in total. The molecule has 0 unspecified atom stereocenters. The van der Waals surface area contributed by atoms with Crippen LogP contribution in [0.2, 0.25) is 10.0 Å². The molecule has 27 heavy (non-hydrogen) atoms. The van der Waals surface area contributed by atoms with Crippen LogP contribution in [0.25, 0.3) is 5.69 Å². The molecule has 2 aromatic rings. The summed E-state index contributed by atoms with van der Waals surface area (Å²) in [4.78, 5) is 14.4. The fourth-order valence-corrected chi connectivity index (χ4v) is 3.39. The van der Waals surface area contributed by atoms with E-state index in [-0.39, 0.29) is 23.7 Å². The second-order valence-electron chi connectivity index (χ2n) is 7.45. The number of nitrogens with two attached hydrogens (primary N) is 1. The average molecular weight is 434 g/mol. The molecule has 8 heteroatoms. The van der Waals surface area contributed by atoms with Gasteiger partial charge in [-0.15, -0.1) is 12.4 Å². The van der Waals surface area contributed by atoms with E-state index in [1.165, 1.54) is 0 Å². The number of carbonyl (C=O) groups is 1. The zero-order valence-corrected chi connectivity index (χ0v) is 18.7. The van der Waals surface area contributed by atoms with Gasteiger partial charge in [0, 0.05) is 29.9 Å². The molecule has 0 aliphatic heterocycles. The number of amides is 1. The number of rotatable bonds is 6. The molecule has 0 radical (unpaired) electrons. The molecule has 0 spiro atoms. The summed E-state index contributed by atoms with van der Waals surface area (Å²) in [5.74, 6) is 0.0412. The topological polar surface area (TPSA) is 64.2 Å². The van der Waals surface area contributed by atoms with Crippen molar-refractivity contribution in [2.24, 2.45) is 11.1 Å². The minimum Gasteiger partial charge on any atom is -0.345 e. The Bertz CT molecular complexity index is 818. The molecule has 5 nitrogen and oxygen atoms in total. The number of carbonyl (C=O) groups excluding carboxylic acids is 1. The highest BCUT2D eigenvalue weighted by molar-refractivity contribution is 6.35. The second-order valence-corrected chi connectivity index (χ2v) is 8.30. The largest absolute Gasteiger partial charge is 0.345 e. The molecule has 1 amide bonds. The first-order valence-corrected chi connectivity index (χ1v) is 9.26. The fourth-order valence-electron chi connectivity index (χ4n) is 2.90. The van der Waals surface area contributed by atoms with E-state index in [1.807, 2.05) is 40.8 Å². The van der Waals surface area contributed by atoms with Gasteiger partial charge in [0.2, 0.25) is 5.91 Å². The van der Waals surface area contributed by atoms with Crippen LogP contribution in [0.3, 0.4) is 0 Å². The highest BCUT2D eigenvalue weighted by Crippen LogP contribution is 2.27. The Morgan fingerprint density at radius 3 is 2.48 bits per heavy atom. The SMILES string of the molecule is Cc1nn(-c2ccc(Cl)cc2Cl)c(C)c1CC(=O)N(C)CC(C)(C)CN.Cl. The van der Waals surface area contributed by atoms with Crippen LogP contribution >= 0.6 is 35.6 Å². The summed E-state index contributed by atoms with van der Waals surface area (Å²) in [6.07, 6.45) is 0.292. The van der Waals surface area contributed by atoms with E-state index in [1.54, 1.807) is 21.7 Å². The van der Waals surface area contributed by atoms with Crippen molar-refractivity contribution >= 4 is 41.5 Å². The van der Waals surface area contributed by atoms with Gasteiger partial charge in [-0.05, 0) is 44.0 Å². The van der Waals surface area contributed by atoms with Crippen LogP contribution in [0.5, 0.6) is 0 Å². The molecule has 0 aliphatic rings. The molecule has 0 fully saturated rings. The number of benzene rings is 1. The maximum absolute atomic E-state index is 12.7. The van der Waals surface area contributed by atoms with Gasteiger partial charge in [0.25, 0.3) is 0 Å². The number of likely N-dealkylation sites (N-methyl/N-ethyl adjacent to an activating group) is 1. The lowest BCUT2D eigenvalue weighted by Crippen LogP contribution is -2.40. The number of nitrogens with zero attached hydrogens (tertiary/aromatic N) is 3. The summed E-state index contributed by atoms with van der Waals surface area (Å²) in [5, 5.41) is 5.66. The van der Waals surface area contributed by atoms with Gasteiger partial charge >= 0.3 is 0 Å². The summed E-state index contributed by atoms with van der Waals surface area (Å²) in [6, 6.07) is 5.28.